The van der Waals surface area contributed by atoms with Gasteiger partial charge < -0.3 is 14.5 Å². The number of unbranched alkanes of at least 4 members (excludes halogenated alkanes) is 6. The first-order chi connectivity index (χ1) is 19.2. The molecule has 0 atom stereocenters. The van der Waals surface area contributed by atoms with Gasteiger partial charge in [-0.2, -0.15) is 0 Å². The van der Waals surface area contributed by atoms with E-state index in [1.165, 1.54) is 31.0 Å². The van der Waals surface area contributed by atoms with Crippen LogP contribution in [0.5, 0.6) is 0 Å². The van der Waals surface area contributed by atoms with Crippen molar-refractivity contribution in [3.8, 4) is 0 Å². The topological polar surface area (TPSA) is 91.2 Å². The van der Waals surface area contributed by atoms with E-state index >= 15 is 0 Å². The van der Waals surface area contributed by atoms with Crippen LogP contribution in [0.2, 0.25) is 10.0 Å². The summed E-state index contributed by atoms with van der Waals surface area (Å²) in [7, 11) is 0. The minimum absolute atomic E-state index is 0.0365. The first kappa shape index (κ1) is 32.0. The number of hydrogen-bond acceptors (Lipinski definition) is 6. The highest BCUT2D eigenvalue weighted by Gasteiger charge is 2.25. The molecule has 0 aliphatic carbocycles. The van der Waals surface area contributed by atoms with Gasteiger partial charge in [-0.15, -0.1) is 0 Å². The standard InChI is InChI=1S/C30H38Cl2N4O3S/c1-4-5-6-7-8-9-10-11-27(37)36(30(38)39)20-26-34-28(21(2)3)29(35(26)19-22-12-14-33-15-13-22)40-25-17-23(31)16-24(32)18-25/h12-18,21H,4-11,19-20H2,1-3H3,(H,38,39)/p-1. The molecule has 1 aromatic carbocycles. The van der Waals surface area contributed by atoms with Gasteiger partial charge in [0.05, 0.1) is 12.2 Å². The second-order valence-corrected chi connectivity index (χ2v) is 12.1. The first-order valence-corrected chi connectivity index (χ1v) is 15.4. The number of carbonyl (C=O) groups excluding carboxylic acids is 2. The minimum Gasteiger partial charge on any atom is -0.530 e. The van der Waals surface area contributed by atoms with Crippen molar-refractivity contribution in [3.05, 3.63) is 69.9 Å². The van der Waals surface area contributed by atoms with Crippen molar-refractivity contribution >= 4 is 47.0 Å². The fourth-order valence-electron chi connectivity index (χ4n) is 4.40. The Bertz CT molecular complexity index is 1250. The van der Waals surface area contributed by atoms with Gasteiger partial charge >= 0.3 is 0 Å². The van der Waals surface area contributed by atoms with E-state index in [-0.39, 0.29) is 18.9 Å². The molecule has 0 fully saturated rings. The molecule has 0 saturated carbocycles. The summed E-state index contributed by atoms with van der Waals surface area (Å²) < 4.78 is 1.96. The monoisotopic (exact) mass is 603 g/mol. The molecule has 0 N–H and O–H groups in total. The number of nitrogens with zero attached hydrogens (tertiary/aromatic N) is 4. The van der Waals surface area contributed by atoms with Crippen molar-refractivity contribution in [1.29, 1.82) is 0 Å². The Kier molecular flexibility index (Phi) is 12.8. The van der Waals surface area contributed by atoms with Crippen molar-refractivity contribution < 1.29 is 14.7 Å². The molecule has 0 saturated heterocycles. The molecule has 0 radical (unpaired) electrons. The summed E-state index contributed by atoms with van der Waals surface area (Å²) in [6, 6.07) is 9.11. The Hall–Kier alpha value is -2.55. The van der Waals surface area contributed by atoms with Crippen LogP contribution in [0.15, 0.2) is 52.6 Å². The summed E-state index contributed by atoms with van der Waals surface area (Å²) >= 11 is 14.0. The van der Waals surface area contributed by atoms with Crippen molar-refractivity contribution in [3.63, 3.8) is 0 Å². The molecule has 2 heterocycles. The number of rotatable bonds is 15. The van der Waals surface area contributed by atoms with E-state index in [1.54, 1.807) is 18.5 Å². The Labute approximate surface area is 251 Å². The van der Waals surface area contributed by atoms with Crippen LogP contribution < -0.4 is 5.11 Å². The van der Waals surface area contributed by atoms with Crippen molar-refractivity contribution in [2.24, 2.45) is 0 Å². The first-order valence-electron chi connectivity index (χ1n) is 13.8. The maximum atomic E-state index is 13.0. The van der Waals surface area contributed by atoms with Gasteiger partial charge in [0.15, 0.2) is 0 Å². The van der Waals surface area contributed by atoms with Crippen LogP contribution in [-0.2, 0) is 17.9 Å². The lowest BCUT2D eigenvalue weighted by atomic mass is 10.1. The fourth-order valence-corrected chi connectivity index (χ4v) is 6.32. The van der Waals surface area contributed by atoms with Gasteiger partial charge in [0.25, 0.3) is 0 Å². The lowest BCUT2D eigenvalue weighted by Crippen LogP contribution is -2.45. The third-order valence-corrected chi connectivity index (χ3v) is 8.06. The molecular weight excluding hydrogens is 567 g/mol. The van der Waals surface area contributed by atoms with E-state index in [4.69, 9.17) is 28.2 Å². The number of halogens is 2. The molecule has 0 aliphatic heterocycles. The average Bonchev–Trinajstić information content (AvgIpc) is 3.23. The number of carbonyl (C=O) groups is 2. The van der Waals surface area contributed by atoms with E-state index in [2.05, 4.69) is 11.9 Å². The second kappa shape index (κ2) is 16.0. The van der Waals surface area contributed by atoms with E-state index in [0.29, 0.717) is 28.8 Å². The lowest BCUT2D eigenvalue weighted by Gasteiger charge is -2.23. The molecule has 0 aliphatic rings. The van der Waals surface area contributed by atoms with Gasteiger partial charge in [-0.25, -0.2) is 4.98 Å². The van der Waals surface area contributed by atoms with Crippen LogP contribution in [0.25, 0.3) is 0 Å². The highest BCUT2D eigenvalue weighted by atomic mass is 35.5. The summed E-state index contributed by atoms with van der Waals surface area (Å²) in [5.74, 6) is 0.0385. The zero-order chi connectivity index (χ0) is 29.1. The highest BCUT2D eigenvalue weighted by molar-refractivity contribution is 7.99. The van der Waals surface area contributed by atoms with Gasteiger partial charge in [0.2, 0.25) is 5.91 Å². The molecule has 10 heteroatoms. The maximum Gasteiger partial charge on any atom is 0.228 e. The lowest BCUT2D eigenvalue weighted by molar-refractivity contribution is -0.264. The number of aromatic nitrogens is 3. The number of amides is 2. The Morgan fingerprint density at radius 2 is 1.62 bits per heavy atom. The molecule has 216 valence electrons. The third-order valence-electron chi connectivity index (χ3n) is 6.53. The van der Waals surface area contributed by atoms with Gasteiger partial charge in [-0.05, 0) is 48.2 Å². The summed E-state index contributed by atoms with van der Waals surface area (Å²) in [5, 5.41) is 14.0. The third kappa shape index (κ3) is 9.53. The summed E-state index contributed by atoms with van der Waals surface area (Å²) in [6.07, 6.45) is 9.36. The minimum atomic E-state index is -1.52. The smallest absolute Gasteiger partial charge is 0.228 e. The maximum absolute atomic E-state index is 13.0. The van der Waals surface area contributed by atoms with Crippen LogP contribution >= 0.6 is 35.0 Å². The Balaban J connectivity index is 1.90. The van der Waals surface area contributed by atoms with Crippen molar-refractivity contribution in [2.75, 3.05) is 0 Å². The molecule has 2 aromatic heterocycles. The summed E-state index contributed by atoms with van der Waals surface area (Å²) in [4.78, 5) is 35.7. The molecule has 3 aromatic rings. The van der Waals surface area contributed by atoms with Gasteiger partial charge in [0, 0.05) is 40.3 Å². The molecule has 0 bridgehead atoms. The highest BCUT2D eigenvalue weighted by Crippen LogP contribution is 2.38. The van der Waals surface area contributed by atoms with Crippen molar-refractivity contribution in [1.82, 2.24) is 19.4 Å². The molecule has 0 spiro atoms. The van der Waals surface area contributed by atoms with Crippen LogP contribution in [0, 0.1) is 0 Å². The summed E-state index contributed by atoms with van der Waals surface area (Å²) in [6.45, 7) is 6.45. The molecule has 0 unspecified atom stereocenters. The predicted octanol–water partition coefficient (Wildman–Crippen LogP) is 7.72. The number of carboxylic acid groups (broad SMARTS) is 1. The normalized spacial score (nSPS) is 11.2. The van der Waals surface area contributed by atoms with Crippen LogP contribution in [0.3, 0.4) is 0 Å². The molecule has 2 amide bonds. The zero-order valence-electron chi connectivity index (χ0n) is 23.4. The Morgan fingerprint density at radius 1 is 1.00 bits per heavy atom. The predicted molar refractivity (Wildman–Crippen MR) is 159 cm³/mol. The van der Waals surface area contributed by atoms with Crippen LogP contribution in [0.1, 0.15) is 95.1 Å². The quantitative estimate of drug-likeness (QED) is 0.165. The van der Waals surface area contributed by atoms with E-state index in [0.717, 1.165) is 45.3 Å². The van der Waals surface area contributed by atoms with Crippen LogP contribution in [0.4, 0.5) is 4.79 Å². The average molecular weight is 605 g/mol. The van der Waals surface area contributed by atoms with Gasteiger partial charge in [-0.3, -0.25) is 14.7 Å². The number of imide groups is 1. The molecule has 3 rings (SSSR count). The second-order valence-electron chi connectivity index (χ2n) is 10.1. The molecular formula is C30H37Cl2N4O3S-. The fraction of sp³-hybridized carbons (Fsp3) is 0.467. The number of imidazole rings is 1. The summed E-state index contributed by atoms with van der Waals surface area (Å²) in [5.41, 5.74) is 1.76. The van der Waals surface area contributed by atoms with Crippen LogP contribution in [-0.4, -0.2) is 31.4 Å². The SMILES string of the molecule is CCCCCCCCCC(=O)N(Cc1nc(C(C)C)c(Sc2cc(Cl)cc(Cl)c2)n1Cc1ccncc1)C(=O)[O-]. The van der Waals surface area contributed by atoms with E-state index in [9.17, 15) is 14.7 Å². The zero-order valence-corrected chi connectivity index (χ0v) is 25.7. The number of benzene rings is 1. The molecule has 7 nitrogen and oxygen atoms in total. The van der Waals surface area contributed by atoms with E-state index in [1.807, 2.05) is 42.7 Å². The van der Waals surface area contributed by atoms with Gasteiger partial charge in [-0.1, -0.05) is 94.3 Å². The van der Waals surface area contributed by atoms with Gasteiger partial charge in [0.1, 0.15) is 16.9 Å². The van der Waals surface area contributed by atoms with E-state index < -0.39 is 12.0 Å². The van der Waals surface area contributed by atoms with Crippen molar-refractivity contribution in [2.45, 2.75) is 101 Å². The largest absolute Gasteiger partial charge is 0.530 e. The number of pyridine rings is 1. The molecule has 40 heavy (non-hydrogen) atoms. The number of hydrogen-bond donors (Lipinski definition) is 0. The Morgan fingerprint density at radius 3 is 2.23 bits per heavy atom.